The highest BCUT2D eigenvalue weighted by atomic mass is 16.6. The molecule has 0 spiro atoms. The number of aliphatic hydroxyl groups is 4. The Morgan fingerprint density at radius 2 is 1.73 bits per heavy atom. The van der Waals surface area contributed by atoms with E-state index in [1.165, 1.54) is 0 Å². The fourth-order valence-electron chi connectivity index (χ4n) is 0.935. The Morgan fingerprint density at radius 1 is 1.18 bits per heavy atom. The molecule has 0 aromatic heterocycles. The highest BCUT2D eigenvalue weighted by Gasteiger charge is 2.43. The van der Waals surface area contributed by atoms with Gasteiger partial charge in [0.15, 0.2) is 6.29 Å². The van der Waals surface area contributed by atoms with Crippen LogP contribution in [0.2, 0.25) is 0 Å². The van der Waals surface area contributed by atoms with Gasteiger partial charge in [0.2, 0.25) is 0 Å². The third-order valence-electron chi connectivity index (χ3n) is 1.57. The second kappa shape index (κ2) is 2.78. The van der Waals surface area contributed by atoms with Gasteiger partial charge < -0.3 is 25.2 Å². The van der Waals surface area contributed by atoms with Gasteiger partial charge in [-0.05, 0) is 0 Å². The maximum absolute atomic E-state index is 9.04. The zero-order valence-corrected chi connectivity index (χ0v) is 5.71. The van der Waals surface area contributed by atoms with Gasteiger partial charge in [-0.2, -0.15) is 0 Å². The van der Waals surface area contributed by atoms with E-state index in [4.69, 9.17) is 20.4 Å². The quantitative estimate of drug-likeness (QED) is 0.352. The summed E-state index contributed by atoms with van der Waals surface area (Å²) >= 11 is 0. The lowest BCUT2D eigenvalue weighted by molar-refractivity contribution is -0.125. The van der Waals surface area contributed by atoms with Crippen LogP contribution < -0.4 is 0 Å². The minimum Gasteiger partial charge on any atom is -0.510 e. The summed E-state index contributed by atoms with van der Waals surface area (Å²) in [5.41, 5.74) is 0. The third-order valence-corrected chi connectivity index (χ3v) is 1.57. The van der Waals surface area contributed by atoms with Crippen molar-refractivity contribution < 1.29 is 25.2 Å². The van der Waals surface area contributed by atoms with E-state index in [0.29, 0.717) is 0 Å². The van der Waals surface area contributed by atoms with E-state index in [0.717, 1.165) is 0 Å². The summed E-state index contributed by atoms with van der Waals surface area (Å²) in [4.78, 5) is 0. The van der Waals surface area contributed by atoms with Crippen LogP contribution in [0.1, 0.15) is 0 Å². The van der Waals surface area contributed by atoms with Crippen molar-refractivity contribution in [2.24, 2.45) is 0 Å². The molecule has 5 heteroatoms. The van der Waals surface area contributed by atoms with Crippen LogP contribution in [0.4, 0.5) is 0 Å². The first kappa shape index (κ1) is 8.48. The normalized spacial score (nSPS) is 44.3. The molecule has 0 bridgehead atoms. The molecule has 1 aliphatic rings. The average molecular weight is 162 g/mol. The molecule has 4 N–H and O–H groups in total. The molecule has 0 amide bonds. The second-order valence-electron chi connectivity index (χ2n) is 2.42. The van der Waals surface area contributed by atoms with Crippen LogP contribution in [0.5, 0.6) is 0 Å². The van der Waals surface area contributed by atoms with Gasteiger partial charge in [-0.1, -0.05) is 6.58 Å². The van der Waals surface area contributed by atoms with Crippen molar-refractivity contribution in [1.82, 2.24) is 0 Å². The lowest BCUT2D eigenvalue weighted by Gasteiger charge is -2.11. The van der Waals surface area contributed by atoms with Gasteiger partial charge in [-0.15, -0.1) is 0 Å². The molecule has 0 saturated carbocycles. The SMILES string of the molecule is C=C(O)[C@H]1O[C@H](O)[C@H](O)[C@H]1O. The van der Waals surface area contributed by atoms with Crippen LogP contribution in [0.25, 0.3) is 0 Å². The number of ether oxygens (including phenoxy) is 1. The van der Waals surface area contributed by atoms with Crippen molar-refractivity contribution in [3.8, 4) is 0 Å². The lowest BCUT2D eigenvalue weighted by Crippen LogP contribution is -2.32. The highest BCUT2D eigenvalue weighted by Crippen LogP contribution is 2.22. The third kappa shape index (κ3) is 1.36. The predicted molar refractivity (Wildman–Crippen MR) is 34.7 cm³/mol. The van der Waals surface area contributed by atoms with Crippen molar-refractivity contribution in [1.29, 1.82) is 0 Å². The van der Waals surface area contributed by atoms with Gasteiger partial charge >= 0.3 is 0 Å². The standard InChI is InChI=1S/C6H10O5/c1-2(7)5-3(8)4(9)6(10)11-5/h3-10H,1H2/t3-,4-,5-,6+/m1/s1. The van der Waals surface area contributed by atoms with Gasteiger partial charge in [0.1, 0.15) is 24.1 Å². The van der Waals surface area contributed by atoms with Gasteiger partial charge in [-0.3, -0.25) is 0 Å². The molecule has 1 fully saturated rings. The van der Waals surface area contributed by atoms with E-state index in [1.54, 1.807) is 0 Å². The van der Waals surface area contributed by atoms with E-state index in [9.17, 15) is 0 Å². The predicted octanol–water partition coefficient (Wildman–Crippen LogP) is -1.50. The molecule has 1 rings (SSSR count). The Kier molecular flexibility index (Phi) is 2.15. The Labute approximate surface area is 63.2 Å². The largest absolute Gasteiger partial charge is 0.510 e. The van der Waals surface area contributed by atoms with Crippen molar-refractivity contribution in [2.75, 3.05) is 0 Å². The summed E-state index contributed by atoms with van der Waals surface area (Å²) in [5.74, 6) is -0.409. The molecule has 0 radical (unpaired) electrons. The average Bonchev–Trinajstić information content (AvgIpc) is 2.17. The monoisotopic (exact) mass is 162 g/mol. The number of aliphatic hydroxyl groups excluding tert-OH is 4. The fraction of sp³-hybridized carbons (Fsp3) is 0.667. The summed E-state index contributed by atoms with van der Waals surface area (Å²) < 4.78 is 4.55. The fourth-order valence-corrected chi connectivity index (χ4v) is 0.935. The Bertz CT molecular complexity index is 168. The second-order valence-corrected chi connectivity index (χ2v) is 2.42. The maximum Gasteiger partial charge on any atom is 0.184 e. The first-order valence-corrected chi connectivity index (χ1v) is 3.11. The Balaban J connectivity index is 2.67. The molecular weight excluding hydrogens is 152 g/mol. The van der Waals surface area contributed by atoms with Gasteiger partial charge in [0.05, 0.1) is 0 Å². The molecule has 64 valence electrons. The summed E-state index contributed by atoms with van der Waals surface area (Å²) in [6.07, 6.45) is -5.26. The first-order chi connectivity index (χ1) is 5.04. The molecule has 11 heavy (non-hydrogen) atoms. The van der Waals surface area contributed by atoms with E-state index >= 15 is 0 Å². The zero-order chi connectivity index (χ0) is 8.59. The molecule has 1 heterocycles. The smallest absolute Gasteiger partial charge is 0.184 e. The van der Waals surface area contributed by atoms with Crippen LogP contribution in [-0.2, 0) is 4.74 Å². The molecule has 0 aromatic rings. The van der Waals surface area contributed by atoms with Crippen molar-refractivity contribution in [3.05, 3.63) is 12.3 Å². The van der Waals surface area contributed by atoms with E-state index in [2.05, 4.69) is 11.3 Å². The first-order valence-electron chi connectivity index (χ1n) is 3.11. The number of hydrogen-bond acceptors (Lipinski definition) is 5. The minimum atomic E-state index is -1.46. The number of hydrogen-bond donors (Lipinski definition) is 4. The van der Waals surface area contributed by atoms with Gasteiger partial charge in [-0.25, -0.2) is 0 Å². The molecule has 0 unspecified atom stereocenters. The molecule has 1 saturated heterocycles. The van der Waals surface area contributed by atoms with E-state index in [1.807, 2.05) is 0 Å². The summed E-state index contributed by atoms with van der Waals surface area (Å²) in [5, 5.41) is 35.5. The highest BCUT2D eigenvalue weighted by molar-refractivity contribution is 5.01. The Hall–Kier alpha value is -0.620. The maximum atomic E-state index is 9.04. The van der Waals surface area contributed by atoms with Gasteiger partial charge in [0, 0.05) is 0 Å². The summed E-state index contributed by atoms with van der Waals surface area (Å²) in [7, 11) is 0. The molecule has 1 aliphatic heterocycles. The van der Waals surface area contributed by atoms with Gasteiger partial charge in [0.25, 0.3) is 0 Å². The molecule has 0 aliphatic carbocycles. The van der Waals surface area contributed by atoms with Crippen molar-refractivity contribution in [2.45, 2.75) is 24.6 Å². The topological polar surface area (TPSA) is 90.2 Å². The van der Waals surface area contributed by atoms with E-state index in [-0.39, 0.29) is 0 Å². The van der Waals surface area contributed by atoms with Crippen molar-refractivity contribution >= 4 is 0 Å². The summed E-state index contributed by atoms with van der Waals surface area (Å²) in [6, 6.07) is 0. The molecule has 0 aromatic carbocycles. The molecular formula is C6H10O5. The Morgan fingerprint density at radius 3 is 1.91 bits per heavy atom. The van der Waals surface area contributed by atoms with Crippen LogP contribution in [-0.4, -0.2) is 45.0 Å². The van der Waals surface area contributed by atoms with Crippen molar-refractivity contribution in [3.63, 3.8) is 0 Å². The number of rotatable bonds is 1. The van der Waals surface area contributed by atoms with E-state index < -0.39 is 30.4 Å². The summed E-state index contributed by atoms with van der Waals surface area (Å²) in [6.45, 7) is 3.10. The minimum absolute atomic E-state index is 0.409. The van der Waals surface area contributed by atoms with Crippen LogP contribution in [0.3, 0.4) is 0 Å². The van der Waals surface area contributed by atoms with Crippen LogP contribution in [0.15, 0.2) is 12.3 Å². The van der Waals surface area contributed by atoms with Crippen LogP contribution in [0, 0.1) is 0 Å². The molecule has 5 nitrogen and oxygen atoms in total. The molecule has 4 atom stereocenters. The zero-order valence-electron chi connectivity index (χ0n) is 5.71. The lowest BCUT2D eigenvalue weighted by atomic mass is 10.1. The van der Waals surface area contributed by atoms with Crippen LogP contribution >= 0.6 is 0 Å².